The van der Waals surface area contributed by atoms with Crippen molar-refractivity contribution in [1.82, 2.24) is 0 Å². The second-order valence-corrected chi connectivity index (χ2v) is 3.39. The number of aliphatic carboxylic acids is 1. The van der Waals surface area contributed by atoms with Crippen molar-refractivity contribution in [2.24, 2.45) is 5.73 Å². The summed E-state index contributed by atoms with van der Waals surface area (Å²) in [6, 6.07) is 4.13. The number of halogens is 1. The van der Waals surface area contributed by atoms with Crippen molar-refractivity contribution in [1.29, 1.82) is 0 Å². The highest BCUT2D eigenvalue weighted by Gasteiger charge is 2.06. The second-order valence-electron chi connectivity index (χ2n) is 3.39. The zero-order valence-electron chi connectivity index (χ0n) is 8.82. The second kappa shape index (κ2) is 6.02. The molecule has 0 saturated heterocycles. The molecule has 0 bridgehead atoms. The van der Waals surface area contributed by atoms with Crippen LogP contribution in [0.4, 0.5) is 4.39 Å². The van der Waals surface area contributed by atoms with Gasteiger partial charge in [0, 0.05) is 0 Å². The molecule has 4 heteroatoms. The van der Waals surface area contributed by atoms with Crippen LogP contribution in [0.25, 0.3) is 6.08 Å². The molecule has 0 atom stereocenters. The first-order valence-corrected chi connectivity index (χ1v) is 5.00. The normalized spacial score (nSPS) is 10.9. The Morgan fingerprint density at radius 3 is 2.88 bits per heavy atom. The van der Waals surface area contributed by atoms with Gasteiger partial charge in [-0.3, -0.25) is 4.79 Å². The SMILES string of the molecule is NCCC=Cc1ccc(F)cc1CC(=O)O. The van der Waals surface area contributed by atoms with Crippen LogP contribution < -0.4 is 5.73 Å². The number of carboxylic acid groups (broad SMARTS) is 1. The summed E-state index contributed by atoms with van der Waals surface area (Å²) in [6.07, 6.45) is 4.15. The Morgan fingerprint density at radius 2 is 2.25 bits per heavy atom. The first kappa shape index (κ1) is 12.4. The fourth-order valence-electron chi connectivity index (χ4n) is 1.36. The van der Waals surface area contributed by atoms with Gasteiger partial charge < -0.3 is 10.8 Å². The van der Waals surface area contributed by atoms with E-state index in [9.17, 15) is 9.18 Å². The van der Waals surface area contributed by atoms with Gasteiger partial charge in [0.1, 0.15) is 5.82 Å². The van der Waals surface area contributed by atoms with E-state index >= 15 is 0 Å². The van der Waals surface area contributed by atoms with Gasteiger partial charge in [0.2, 0.25) is 0 Å². The van der Waals surface area contributed by atoms with E-state index in [-0.39, 0.29) is 6.42 Å². The van der Waals surface area contributed by atoms with Crippen molar-refractivity contribution in [3.8, 4) is 0 Å². The molecular weight excluding hydrogens is 209 g/mol. The molecule has 86 valence electrons. The summed E-state index contributed by atoms with van der Waals surface area (Å²) in [4.78, 5) is 10.6. The van der Waals surface area contributed by atoms with Gasteiger partial charge in [-0.15, -0.1) is 0 Å². The van der Waals surface area contributed by atoms with Crippen LogP contribution in [-0.2, 0) is 11.2 Å². The molecule has 1 aromatic carbocycles. The largest absolute Gasteiger partial charge is 0.481 e. The third kappa shape index (κ3) is 3.82. The van der Waals surface area contributed by atoms with Crippen LogP contribution in [0.3, 0.4) is 0 Å². The third-order valence-electron chi connectivity index (χ3n) is 2.08. The molecule has 0 spiro atoms. The first-order chi connectivity index (χ1) is 7.63. The van der Waals surface area contributed by atoms with Crippen LogP contribution in [0.15, 0.2) is 24.3 Å². The first-order valence-electron chi connectivity index (χ1n) is 5.00. The number of carbonyl (C=O) groups is 1. The molecule has 0 radical (unpaired) electrons. The summed E-state index contributed by atoms with van der Waals surface area (Å²) in [5.41, 5.74) is 6.52. The van der Waals surface area contributed by atoms with Crippen LogP contribution in [-0.4, -0.2) is 17.6 Å². The minimum absolute atomic E-state index is 0.180. The number of carboxylic acids is 1. The van der Waals surface area contributed by atoms with Crippen LogP contribution in [0, 0.1) is 5.82 Å². The Kier molecular flexibility index (Phi) is 4.66. The van der Waals surface area contributed by atoms with E-state index in [1.165, 1.54) is 12.1 Å². The predicted octanol–water partition coefficient (Wildman–Crippen LogP) is 1.81. The molecule has 0 aliphatic rings. The maximum absolute atomic E-state index is 12.9. The van der Waals surface area contributed by atoms with E-state index < -0.39 is 11.8 Å². The van der Waals surface area contributed by atoms with Crippen molar-refractivity contribution >= 4 is 12.0 Å². The van der Waals surface area contributed by atoms with Gasteiger partial charge in [0.15, 0.2) is 0 Å². The number of nitrogens with two attached hydrogens (primary N) is 1. The van der Waals surface area contributed by atoms with E-state index in [1.54, 1.807) is 12.1 Å². The van der Waals surface area contributed by atoms with Gasteiger partial charge in [-0.1, -0.05) is 18.2 Å². The van der Waals surface area contributed by atoms with Gasteiger partial charge in [-0.2, -0.15) is 0 Å². The van der Waals surface area contributed by atoms with Crippen molar-refractivity contribution in [2.45, 2.75) is 12.8 Å². The molecule has 0 aliphatic heterocycles. The van der Waals surface area contributed by atoms with Crippen LogP contribution >= 0.6 is 0 Å². The summed E-state index contributed by atoms with van der Waals surface area (Å²) < 4.78 is 12.9. The molecule has 0 fully saturated rings. The standard InChI is InChI=1S/C12H14FNO2/c13-11-5-4-9(3-1-2-6-14)10(7-11)8-12(15)16/h1,3-5,7H,2,6,8,14H2,(H,15,16). The molecule has 0 unspecified atom stereocenters. The molecule has 16 heavy (non-hydrogen) atoms. The zero-order chi connectivity index (χ0) is 12.0. The number of hydrogen-bond donors (Lipinski definition) is 2. The lowest BCUT2D eigenvalue weighted by Gasteiger charge is -2.03. The average Bonchev–Trinajstić information content (AvgIpc) is 2.20. The fraction of sp³-hybridized carbons (Fsp3) is 0.250. The van der Waals surface area contributed by atoms with Crippen molar-refractivity contribution < 1.29 is 14.3 Å². The lowest BCUT2D eigenvalue weighted by atomic mass is 10.0. The number of rotatable bonds is 5. The highest BCUT2D eigenvalue weighted by atomic mass is 19.1. The zero-order valence-corrected chi connectivity index (χ0v) is 8.82. The summed E-state index contributed by atoms with van der Waals surface area (Å²) >= 11 is 0. The van der Waals surface area contributed by atoms with E-state index in [1.807, 2.05) is 6.08 Å². The van der Waals surface area contributed by atoms with Gasteiger partial charge in [0.05, 0.1) is 6.42 Å². The van der Waals surface area contributed by atoms with Gasteiger partial charge in [0.25, 0.3) is 0 Å². The van der Waals surface area contributed by atoms with E-state index in [2.05, 4.69) is 0 Å². The summed E-state index contributed by atoms with van der Waals surface area (Å²) in [5.74, 6) is -1.40. The monoisotopic (exact) mass is 223 g/mol. The van der Waals surface area contributed by atoms with Crippen LogP contribution in [0.2, 0.25) is 0 Å². The molecule has 0 heterocycles. The molecule has 3 nitrogen and oxygen atoms in total. The van der Waals surface area contributed by atoms with E-state index in [0.29, 0.717) is 18.5 Å². The van der Waals surface area contributed by atoms with Gasteiger partial charge >= 0.3 is 5.97 Å². The highest BCUT2D eigenvalue weighted by molar-refractivity contribution is 5.72. The minimum Gasteiger partial charge on any atom is -0.481 e. The Hall–Kier alpha value is -1.68. The molecule has 0 aliphatic carbocycles. The van der Waals surface area contributed by atoms with Crippen LogP contribution in [0.5, 0.6) is 0 Å². The van der Waals surface area contributed by atoms with Gasteiger partial charge in [-0.25, -0.2) is 4.39 Å². The van der Waals surface area contributed by atoms with Crippen molar-refractivity contribution in [3.63, 3.8) is 0 Å². The highest BCUT2D eigenvalue weighted by Crippen LogP contribution is 2.14. The maximum atomic E-state index is 12.9. The fourth-order valence-corrected chi connectivity index (χ4v) is 1.36. The Bertz CT molecular complexity index is 402. The predicted molar refractivity (Wildman–Crippen MR) is 60.4 cm³/mol. The lowest BCUT2D eigenvalue weighted by molar-refractivity contribution is -0.136. The Balaban J connectivity index is 2.93. The Labute approximate surface area is 93.4 Å². The van der Waals surface area contributed by atoms with Crippen LogP contribution in [0.1, 0.15) is 17.5 Å². The molecule has 0 amide bonds. The summed E-state index contributed by atoms with van der Waals surface area (Å²) in [5, 5.41) is 8.69. The third-order valence-corrected chi connectivity index (χ3v) is 2.08. The van der Waals surface area contributed by atoms with E-state index in [0.717, 1.165) is 5.56 Å². The molecular formula is C12H14FNO2. The molecule has 1 aromatic rings. The number of hydrogen-bond acceptors (Lipinski definition) is 2. The quantitative estimate of drug-likeness (QED) is 0.800. The molecule has 0 saturated carbocycles. The summed E-state index contributed by atoms with van der Waals surface area (Å²) in [7, 11) is 0. The topological polar surface area (TPSA) is 63.3 Å². The molecule has 3 N–H and O–H groups in total. The smallest absolute Gasteiger partial charge is 0.307 e. The average molecular weight is 223 g/mol. The maximum Gasteiger partial charge on any atom is 0.307 e. The lowest BCUT2D eigenvalue weighted by Crippen LogP contribution is -2.02. The van der Waals surface area contributed by atoms with E-state index in [4.69, 9.17) is 10.8 Å². The van der Waals surface area contributed by atoms with Crippen molar-refractivity contribution in [3.05, 3.63) is 41.2 Å². The van der Waals surface area contributed by atoms with Crippen molar-refractivity contribution in [2.75, 3.05) is 6.54 Å². The minimum atomic E-state index is -0.973. The Morgan fingerprint density at radius 1 is 1.50 bits per heavy atom. The van der Waals surface area contributed by atoms with Gasteiger partial charge in [-0.05, 0) is 36.2 Å². The number of benzene rings is 1. The molecule has 0 aromatic heterocycles. The molecule has 1 rings (SSSR count). The summed E-state index contributed by atoms with van der Waals surface area (Å²) in [6.45, 7) is 0.534.